The molecule has 2 atom stereocenters. The molecule has 42 heavy (non-hydrogen) atoms. The average molecular weight is 548 g/mol. The van der Waals surface area contributed by atoms with E-state index in [1.807, 2.05) is 0 Å². The van der Waals surface area contributed by atoms with E-state index in [0.717, 1.165) is 36.3 Å². The Morgan fingerprint density at radius 2 is 1.67 bits per heavy atom. The highest BCUT2D eigenvalue weighted by Gasteiger charge is 2.61. The fraction of sp³-hybridized carbons (Fsp3) is 0.282. The van der Waals surface area contributed by atoms with Gasteiger partial charge in [-0.15, -0.1) is 0 Å². The van der Waals surface area contributed by atoms with Gasteiger partial charge < -0.3 is 9.64 Å². The number of hydrogen-bond donors (Lipinski definition) is 0. The molecule has 3 heteroatoms. The Morgan fingerprint density at radius 3 is 2.48 bits per heavy atom. The number of rotatable bonds is 3. The third kappa shape index (κ3) is 3.34. The lowest BCUT2D eigenvalue weighted by atomic mass is 9.33. The summed E-state index contributed by atoms with van der Waals surface area (Å²) in [6.45, 7) is 12.3. The maximum atomic E-state index is 7.04. The van der Waals surface area contributed by atoms with E-state index in [4.69, 9.17) is 11.3 Å². The summed E-state index contributed by atoms with van der Waals surface area (Å²) in [5.41, 5.74) is 12.9. The van der Waals surface area contributed by atoms with Crippen molar-refractivity contribution in [1.82, 2.24) is 0 Å². The molecule has 2 nitrogen and oxygen atoms in total. The summed E-state index contributed by atoms with van der Waals surface area (Å²) in [4.78, 5) is 2.75. The van der Waals surface area contributed by atoms with Crippen molar-refractivity contribution in [1.29, 1.82) is 0 Å². The van der Waals surface area contributed by atoms with Gasteiger partial charge in [-0.05, 0) is 89.8 Å². The molecule has 208 valence electrons. The second-order valence-corrected chi connectivity index (χ2v) is 13.2. The number of ether oxygens (including phenoxy) is 1. The quantitative estimate of drug-likeness (QED) is 0.307. The molecule has 0 aromatic heterocycles. The van der Waals surface area contributed by atoms with E-state index in [1.54, 1.807) is 0 Å². The topological polar surface area (TPSA) is 12.5 Å². The van der Waals surface area contributed by atoms with Gasteiger partial charge in [0, 0.05) is 16.8 Å². The fourth-order valence-electron chi connectivity index (χ4n) is 8.74. The largest absolute Gasteiger partial charge is 0.458 e. The van der Waals surface area contributed by atoms with E-state index in [2.05, 4.69) is 117 Å². The highest BCUT2D eigenvalue weighted by atomic mass is 16.5. The van der Waals surface area contributed by atoms with Gasteiger partial charge in [0.05, 0.1) is 5.54 Å². The first-order valence-corrected chi connectivity index (χ1v) is 15.7. The van der Waals surface area contributed by atoms with Crippen molar-refractivity contribution in [2.24, 2.45) is 0 Å². The van der Waals surface area contributed by atoms with Gasteiger partial charge in [0.25, 0.3) is 6.71 Å². The van der Waals surface area contributed by atoms with Crippen molar-refractivity contribution in [2.75, 3.05) is 4.90 Å². The maximum Gasteiger partial charge on any atom is 0.256 e. The van der Waals surface area contributed by atoms with Crippen LogP contribution in [0.15, 0.2) is 126 Å². The number of hydrogen-bond acceptors (Lipinski definition) is 2. The van der Waals surface area contributed by atoms with Crippen LogP contribution in [-0.4, -0.2) is 12.3 Å². The van der Waals surface area contributed by atoms with Crippen LogP contribution in [0, 0.1) is 0 Å². The first kappa shape index (κ1) is 25.7. The van der Waals surface area contributed by atoms with Gasteiger partial charge in [-0.3, -0.25) is 0 Å². The molecule has 3 aliphatic heterocycles. The van der Waals surface area contributed by atoms with Crippen LogP contribution in [-0.2, 0) is 5.41 Å². The van der Waals surface area contributed by atoms with Gasteiger partial charge in [0.2, 0.25) is 0 Å². The van der Waals surface area contributed by atoms with Crippen LogP contribution in [0.5, 0.6) is 5.75 Å². The van der Waals surface area contributed by atoms with E-state index in [9.17, 15) is 0 Å². The molecular weight excluding hydrogens is 509 g/mol. The summed E-state index contributed by atoms with van der Waals surface area (Å²) < 4.78 is 7.04. The zero-order chi connectivity index (χ0) is 28.6. The molecule has 8 rings (SSSR count). The van der Waals surface area contributed by atoms with Crippen molar-refractivity contribution >= 4 is 28.9 Å². The van der Waals surface area contributed by atoms with Crippen LogP contribution >= 0.6 is 0 Å². The molecule has 5 aliphatic rings. The molecule has 3 heterocycles. The number of fused-ring (bicyclic) bond motifs is 7. The lowest BCUT2D eigenvalue weighted by Crippen LogP contribution is -2.61. The highest BCUT2D eigenvalue weighted by Crippen LogP contribution is 2.62. The summed E-state index contributed by atoms with van der Waals surface area (Å²) in [7, 11) is 0. The van der Waals surface area contributed by atoms with E-state index in [0.29, 0.717) is 0 Å². The summed E-state index contributed by atoms with van der Waals surface area (Å²) in [5, 5.41) is 0. The third-order valence-electron chi connectivity index (χ3n) is 11.2. The molecule has 0 spiro atoms. The summed E-state index contributed by atoms with van der Waals surface area (Å²) in [6, 6.07) is 26.6. The Labute approximate surface area is 250 Å². The zero-order valence-electron chi connectivity index (χ0n) is 25.0. The first-order valence-electron chi connectivity index (χ1n) is 15.7. The molecular formula is C39H38BNO. The van der Waals surface area contributed by atoms with Gasteiger partial charge in [-0.1, -0.05) is 111 Å². The zero-order valence-corrected chi connectivity index (χ0v) is 25.0. The van der Waals surface area contributed by atoms with Gasteiger partial charge >= 0.3 is 0 Å². The molecule has 1 fully saturated rings. The minimum absolute atomic E-state index is 0.0580. The lowest BCUT2D eigenvalue weighted by molar-refractivity contribution is 0.192. The molecule has 3 aromatic carbocycles. The van der Waals surface area contributed by atoms with Crippen molar-refractivity contribution in [3.63, 3.8) is 0 Å². The Morgan fingerprint density at radius 1 is 0.905 bits per heavy atom. The van der Waals surface area contributed by atoms with Crippen LogP contribution < -0.4 is 20.6 Å². The number of nitrogens with zero attached hydrogens (tertiary/aromatic N) is 1. The maximum absolute atomic E-state index is 7.04. The van der Waals surface area contributed by atoms with Crippen molar-refractivity contribution in [3.8, 4) is 5.75 Å². The van der Waals surface area contributed by atoms with Crippen LogP contribution in [0.1, 0.15) is 70.4 Å². The van der Waals surface area contributed by atoms with E-state index < -0.39 is 0 Å². The van der Waals surface area contributed by atoms with Crippen LogP contribution in [0.2, 0.25) is 0 Å². The first-order chi connectivity index (χ1) is 20.4. The predicted octanol–water partition coefficient (Wildman–Crippen LogP) is 8.17. The molecule has 1 saturated carbocycles. The standard InChI is InChI=1S/C39H38BNO/c1-26(28-16-7-5-8-17-28)35-34-37(27(2)29-18-9-6-10-19-29)42-33-23-12-11-21-31(33)40(34)32-22-15-20-30-36(32)41(35)39(4)25-14-13-24-38(30,39)3/h5-9,11-12,15-18,20-23H,1,10,13-14,19,24-25H2,2-4H3/b37-27-. The number of benzene rings is 3. The van der Waals surface area contributed by atoms with Crippen molar-refractivity contribution in [2.45, 2.75) is 70.3 Å². The Hall–Kier alpha value is -3.98. The summed E-state index contributed by atoms with van der Waals surface area (Å²) in [5.74, 6) is 1.98. The molecule has 0 bridgehead atoms. The van der Waals surface area contributed by atoms with E-state index in [-0.39, 0.29) is 17.7 Å². The van der Waals surface area contributed by atoms with Gasteiger partial charge in [0.15, 0.2) is 0 Å². The SMILES string of the molecule is C=C(C1=C2B(c3ccccc3O/C2=C(/C)C2=CC=CCC2)c2cccc3c2N1C1(C)CCCCC31C)c1ccccc1. The van der Waals surface area contributed by atoms with Crippen LogP contribution in [0.4, 0.5) is 5.69 Å². The monoisotopic (exact) mass is 547 g/mol. The molecule has 3 aromatic rings. The second-order valence-electron chi connectivity index (χ2n) is 13.2. The molecule has 2 unspecified atom stereocenters. The van der Waals surface area contributed by atoms with Crippen molar-refractivity contribution in [3.05, 3.63) is 137 Å². The number of para-hydroxylation sites is 2. The second kappa shape index (κ2) is 9.26. The Bertz CT molecular complexity index is 1770. The predicted molar refractivity (Wildman–Crippen MR) is 177 cm³/mol. The highest BCUT2D eigenvalue weighted by molar-refractivity contribution is 6.94. The number of allylic oxidation sites excluding steroid dienone is 7. The van der Waals surface area contributed by atoms with Crippen LogP contribution in [0.3, 0.4) is 0 Å². The lowest BCUT2D eigenvalue weighted by Gasteiger charge is -2.53. The molecule has 0 amide bonds. The molecule has 2 aliphatic carbocycles. The van der Waals surface area contributed by atoms with E-state index >= 15 is 0 Å². The van der Waals surface area contributed by atoms with Gasteiger partial charge in [0.1, 0.15) is 11.5 Å². The van der Waals surface area contributed by atoms with E-state index in [1.165, 1.54) is 69.3 Å². The molecule has 0 N–H and O–H groups in total. The number of anilines is 1. The van der Waals surface area contributed by atoms with Crippen LogP contribution in [0.25, 0.3) is 5.57 Å². The fourth-order valence-corrected chi connectivity index (χ4v) is 8.74. The molecule has 0 saturated heterocycles. The minimum Gasteiger partial charge on any atom is -0.458 e. The van der Waals surface area contributed by atoms with Gasteiger partial charge in [-0.2, -0.15) is 0 Å². The smallest absolute Gasteiger partial charge is 0.256 e. The average Bonchev–Trinajstić information content (AvgIpc) is 3.25. The Balaban J connectivity index is 1.52. The summed E-state index contributed by atoms with van der Waals surface area (Å²) in [6.07, 6.45) is 13.7. The van der Waals surface area contributed by atoms with Gasteiger partial charge in [-0.25, -0.2) is 0 Å². The Kier molecular flexibility index (Phi) is 5.67. The van der Waals surface area contributed by atoms with Crippen molar-refractivity contribution < 1.29 is 4.74 Å². The summed E-state index contributed by atoms with van der Waals surface area (Å²) >= 11 is 0. The molecule has 0 radical (unpaired) electrons. The third-order valence-corrected chi connectivity index (χ3v) is 11.2. The normalized spacial score (nSPS) is 26.5. The minimum atomic E-state index is -0.0580.